The van der Waals surface area contributed by atoms with Crippen molar-refractivity contribution < 1.29 is 13.9 Å². The molecule has 0 bridgehead atoms. The van der Waals surface area contributed by atoms with Crippen molar-refractivity contribution in [2.45, 2.75) is 6.92 Å². The summed E-state index contributed by atoms with van der Waals surface area (Å²) in [7, 11) is 0. The molecule has 0 atom stereocenters. The molecule has 0 saturated carbocycles. The van der Waals surface area contributed by atoms with Gasteiger partial charge >= 0.3 is 0 Å². The van der Waals surface area contributed by atoms with E-state index in [0.29, 0.717) is 12.4 Å². The van der Waals surface area contributed by atoms with Crippen LogP contribution in [-0.2, 0) is 0 Å². The highest BCUT2D eigenvalue weighted by Gasteiger charge is 2.02. The van der Waals surface area contributed by atoms with Gasteiger partial charge in [-0.3, -0.25) is 4.79 Å². The minimum Gasteiger partial charge on any atom is -0.494 e. The molecule has 1 aromatic carbocycles. The summed E-state index contributed by atoms with van der Waals surface area (Å²) in [6.07, 6.45) is 4.48. The molecule has 2 rings (SSSR count). The molecule has 4 nitrogen and oxygen atoms in total. The average molecular weight is 257 g/mol. The Labute approximate surface area is 111 Å². The zero-order valence-corrected chi connectivity index (χ0v) is 10.6. The van der Waals surface area contributed by atoms with Gasteiger partial charge in [-0.25, -0.2) is 0 Å². The van der Waals surface area contributed by atoms with Crippen molar-refractivity contribution >= 4 is 11.5 Å². The van der Waals surface area contributed by atoms with Crippen LogP contribution in [0.1, 0.15) is 17.5 Å². The molecule has 0 saturated heterocycles. The van der Waals surface area contributed by atoms with Gasteiger partial charge in [0.05, 0.1) is 12.9 Å². The van der Waals surface area contributed by atoms with Crippen LogP contribution in [0.4, 0.5) is 5.69 Å². The first-order valence-electron chi connectivity index (χ1n) is 6.03. The Kier molecular flexibility index (Phi) is 4.39. The maximum absolute atomic E-state index is 11.6. The number of carbonyl (C=O) groups is 1. The van der Waals surface area contributed by atoms with Gasteiger partial charge in [-0.1, -0.05) is 0 Å². The number of ketones is 1. The first kappa shape index (κ1) is 13.0. The number of carbonyl (C=O) groups excluding carboxylic acids is 1. The maximum atomic E-state index is 11.6. The van der Waals surface area contributed by atoms with Crippen LogP contribution in [0.25, 0.3) is 0 Å². The molecule has 0 spiro atoms. The summed E-state index contributed by atoms with van der Waals surface area (Å²) >= 11 is 0. The standard InChI is InChI=1S/C15H15NO3/c1-2-18-13-7-5-12(6-8-13)16-10-9-14(17)15-4-3-11-19-15/h3-11,16H,2H2,1H3. The molecule has 0 amide bonds. The van der Waals surface area contributed by atoms with Crippen LogP contribution < -0.4 is 10.1 Å². The molecule has 19 heavy (non-hydrogen) atoms. The van der Waals surface area contributed by atoms with E-state index in [4.69, 9.17) is 9.15 Å². The number of nitrogens with one attached hydrogen (secondary N) is 1. The summed E-state index contributed by atoms with van der Waals surface area (Å²) in [6, 6.07) is 10.8. The quantitative estimate of drug-likeness (QED) is 0.635. The van der Waals surface area contributed by atoms with Crippen LogP contribution in [0.2, 0.25) is 0 Å². The summed E-state index contributed by atoms with van der Waals surface area (Å²) in [5, 5.41) is 3.01. The second-order valence-corrected chi connectivity index (χ2v) is 3.78. The first-order valence-corrected chi connectivity index (χ1v) is 6.03. The summed E-state index contributed by atoms with van der Waals surface area (Å²) in [5.74, 6) is 0.969. The Morgan fingerprint density at radius 3 is 2.74 bits per heavy atom. The molecule has 0 radical (unpaired) electrons. The van der Waals surface area contributed by atoms with Crippen molar-refractivity contribution in [1.29, 1.82) is 0 Å². The summed E-state index contributed by atoms with van der Waals surface area (Å²) in [5.41, 5.74) is 0.881. The van der Waals surface area contributed by atoms with Gasteiger partial charge in [-0.15, -0.1) is 0 Å². The number of hydrogen-bond acceptors (Lipinski definition) is 4. The number of ether oxygens (including phenoxy) is 1. The van der Waals surface area contributed by atoms with Crippen molar-refractivity contribution in [3.05, 3.63) is 60.7 Å². The van der Waals surface area contributed by atoms with Gasteiger partial charge in [0.15, 0.2) is 5.76 Å². The Morgan fingerprint density at radius 1 is 1.32 bits per heavy atom. The highest BCUT2D eigenvalue weighted by Crippen LogP contribution is 2.15. The van der Waals surface area contributed by atoms with E-state index >= 15 is 0 Å². The maximum Gasteiger partial charge on any atom is 0.222 e. The van der Waals surface area contributed by atoms with Crippen molar-refractivity contribution in [2.75, 3.05) is 11.9 Å². The summed E-state index contributed by atoms with van der Waals surface area (Å²) in [4.78, 5) is 11.6. The first-order chi connectivity index (χ1) is 9.29. The van der Waals surface area contributed by atoms with Crippen LogP contribution in [0.3, 0.4) is 0 Å². The molecule has 0 unspecified atom stereocenters. The van der Waals surface area contributed by atoms with E-state index in [9.17, 15) is 4.79 Å². The fourth-order valence-electron chi connectivity index (χ4n) is 1.53. The second-order valence-electron chi connectivity index (χ2n) is 3.78. The van der Waals surface area contributed by atoms with Gasteiger partial charge in [0, 0.05) is 18.0 Å². The second kappa shape index (κ2) is 6.44. The lowest BCUT2D eigenvalue weighted by Gasteiger charge is -2.04. The van der Waals surface area contributed by atoms with Gasteiger partial charge in [-0.05, 0) is 43.3 Å². The van der Waals surface area contributed by atoms with Gasteiger partial charge in [-0.2, -0.15) is 0 Å². The smallest absolute Gasteiger partial charge is 0.222 e. The van der Waals surface area contributed by atoms with Crippen LogP contribution >= 0.6 is 0 Å². The van der Waals surface area contributed by atoms with Gasteiger partial charge in [0.1, 0.15) is 5.75 Å². The van der Waals surface area contributed by atoms with Crippen molar-refractivity contribution in [3.8, 4) is 5.75 Å². The Balaban J connectivity index is 1.89. The normalized spacial score (nSPS) is 10.6. The molecular weight excluding hydrogens is 242 g/mol. The fraction of sp³-hybridized carbons (Fsp3) is 0.133. The molecule has 98 valence electrons. The van der Waals surface area contributed by atoms with E-state index in [-0.39, 0.29) is 5.78 Å². The van der Waals surface area contributed by atoms with E-state index in [1.165, 1.54) is 12.3 Å². The molecule has 0 aliphatic rings. The number of allylic oxidation sites excluding steroid dienone is 1. The molecule has 1 N–H and O–H groups in total. The molecule has 0 fully saturated rings. The lowest BCUT2D eigenvalue weighted by atomic mass is 10.3. The van der Waals surface area contributed by atoms with Crippen LogP contribution in [0.5, 0.6) is 5.75 Å². The third kappa shape index (κ3) is 3.74. The van der Waals surface area contributed by atoms with E-state index in [0.717, 1.165) is 11.4 Å². The van der Waals surface area contributed by atoms with E-state index in [2.05, 4.69) is 5.32 Å². The number of anilines is 1. The fourth-order valence-corrected chi connectivity index (χ4v) is 1.53. The lowest BCUT2D eigenvalue weighted by Crippen LogP contribution is -1.95. The summed E-state index contributed by atoms with van der Waals surface area (Å²) < 4.78 is 10.3. The molecule has 0 aliphatic carbocycles. The minimum absolute atomic E-state index is 0.177. The molecule has 4 heteroatoms. The highest BCUT2D eigenvalue weighted by molar-refractivity contribution is 6.02. The number of furan rings is 1. The zero-order valence-electron chi connectivity index (χ0n) is 10.6. The van der Waals surface area contributed by atoms with E-state index in [1.807, 2.05) is 31.2 Å². The van der Waals surface area contributed by atoms with Gasteiger partial charge < -0.3 is 14.5 Å². The zero-order chi connectivity index (χ0) is 13.5. The number of rotatable bonds is 6. The lowest BCUT2D eigenvalue weighted by molar-refractivity contribution is 0.102. The third-order valence-corrected chi connectivity index (χ3v) is 2.41. The molecule has 1 heterocycles. The molecule has 1 aromatic heterocycles. The number of benzene rings is 1. The Hall–Kier alpha value is -2.49. The topological polar surface area (TPSA) is 51.5 Å². The predicted octanol–water partition coefficient (Wildman–Crippen LogP) is 3.49. The molecular formula is C15H15NO3. The third-order valence-electron chi connectivity index (χ3n) is 2.41. The summed E-state index contributed by atoms with van der Waals surface area (Å²) in [6.45, 7) is 2.58. The van der Waals surface area contributed by atoms with Crippen molar-refractivity contribution in [1.82, 2.24) is 0 Å². The van der Waals surface area contributed by atoms with Crippen molar-refractivity contribution in [2.24, 2.45) is 0 Å². The largest absolute Gasteiger partial charge is 0.494 e. The molecule has 2 aromatic rings. The van der Waals surface area contributed by atoms with Crippen LogP contribution in [0.15, 0.2) is 59.4 Å². The van der Waals surface area contributed by atoms with Crippen molar-refractivity contribution in [3.63, 3.8) is 0 Å². The molecule has 0 aliphatic heterocycles. The van der Waals surface area contributed by atoms with E-state index < -0.39 is 0 Å². The average Bonchev–Trinajstić information content (AvgIpc) is 2.95. The predicted molar refractivity (Wildman–Crippen MR) is 73.4 cm³/mol. The van der Waals surface area contributed by atoms with Crippen LogP contribution in [0, 0.1) is 0 Å². The van der Waals surface area contributed by atoms with Crippen LogP contribution in [-0.4, -0.2) is 12.4 Å². The number of hydrogen-bond donors (Lipinski definition) is 1. The Morgan fingerprint density at radius 2 is 2.11 bits per heavy atom. The monoisotopic (exact) mass is 257 g/mol. The van der Waals surface area contributed by atoms with Gasteiger partial charge in [0.2, 0.25) is 5.78 Å². The minimum atomic E-state index is -0.177. The Bertz CT molecular complexity index is 541. The highest BCUT2D eigenvalue weighted by atomic mass is 16.5. The SMILES string of the molecule is CCOc1ccc(NC=CC(=O)c2ccco2)cc1. The van der Waals surface area contributed by atoms with E-state index in [1.54, 1.807) is 18.3 Å². The van der Waals surface area contributed by atoms with Gasteiger partial charge in [0.25, 0.3) is 0 Å².